The van der Waals surface area contributed by atoms with Crippen LogP contribution in [0.4, 0.5) is 5.69 Å². The van der Waals surface area contributed by atoms with Crippen LogP contribution in [0.3, 0.4) is 0 Å². The smallest absolute Gasteiger partial charge is 0.303 e. The Kier molecular flexibility index (Phi) is 3.94. The van der Waals surface area contributed by atoms with Crippen molar-refractivity contribution < 1.29 is 9.90 Å². The second-order valence-electron chi connectivity index (χ2n) is 4.31. The van der Waals surface area contributed by atoms with E-state index in [4.69, 9.17) is 10.8 Å². The predicted octanol–water partition coefficient (Wildman–Crippen LogP) is 1.40. The van der Waals surface area contributed by atoms with Crippen molar-refractivity contribution in [2.45, 2.75) is 18.9 Å². The zero-order chi connectivity index (χ0) is 13.0. The van der Waals surface area contributed by atoms with Crippen LogP contribution in [0, 0.1) is 0 Å². The highest BCUT2D eigenvalue weighted by Gasteiger charge is 2.17. The van der Waals surface area contributed by atoms with Crippen molar-refractivity contribution in [3.8, 4) is 0 Å². The van der Waals surface area contributed by atoms with Crippen LogP contribution in [0.15, 0.2) is 29.3 Å². The van der Waals surface area contributed by atoms with E-state index >= 15 is 0 Å². The van der Waals surface area contributed by atoms with Crippen LogP contribution < -0.4 is 10.6 Å². The molecule has 1 aliphatic rings. The number of hydrogen-bond acceptors (Lipinski definition) is 4. The van der Waals surface area contributed by atoms with Crippen LogP contribution in [0.25, 0.3) is 0 Å². The first kappa shape index (κ1) is 12.6. The Balaban J connectivity index is 2.16. The van der Waals surface area contributed by atoms with E-state index in [0.29, 0.717) is 6.42 Å². The van der Waals surface area contributed by atoms with Gasteiger partial charge in [-0.15, -0.1) is 0 Å². The first-order valence-electron chi connectivity index (χ1n) is 6.01. The molecule has 1 heterocycles. The van der Waals surface area contributed by atoms with Gasteiger partial charge >= 0.3 is 5.97 Å². The molecule has 96 valence electrons. The summed E-state index contributed by atoms with van der Waals surface area (Å²) in [7, 11) is 0. The number of nitrogens with two attached hydrogens (primary N) is 1. The third-order valence-electron chi connectivity index (χ3n) is 3.01. The molecule has 0 aromatic heterocycles. The summed E-state index contributed by atoms with van der Waals surface area (Å²) in [6, 6.07) is 7.56. The van der Waals surface area contributed by atoms with E-state index in [1.165, 1.54) is 0 Å². The lowest BCUT2D eigenvalue weighted by molar-refractivity contribution is -0.137. The Labute approximate surface area is 106 Å². The number of hydrogen-bond donors (Lipinski definition) is 2. The normalized spacial score (nSPS) is 15.9. The molecular weight excluding hydrogens is 230 g/mol. The Hall–Kier alpha value is -1.88. The van der Waals surface area contributed by atoms with Gasteiger partial charge in [0.25, 0.3) is 0 Å². The van der Waals surface area contributed by atoms with Gasteiger partial charge in [0, 0.05) is 24.7 Å². The van der Waals surface area contributed by atoms with Gasteiger partial charge in [-0.25, -0.2) is 0 Å². The number of carboxylic acid groups (broad SMARTS) is 1. The molecule has 1 aromatic carbocycles. The van der Waals surface area contributed by atoms with E-state index < -0.39 is 5.97 Å². The Morgan fingerprint density at radius 2 is 2.28 bits per heavy atom. The fraction of sp³-hybridized carbons (Fsp3) is 0.385. The zero-order valence-electron chi connectivity index (χ0n) is 10.1. The van der Waals surface area contributed by atoms with Crippen LogP contribution >= 0.6 is 0 Å². The second-order valence-corrected chi connectivity index (χ2v) is 4.31. The van der Waals surface area contributed by atoms with Crippen LogP contribution in [-0.2, 0) is 4.79 Å². The van der Waals surface area contributed by atoms with Crippen molar-refractivity contribution in [1.82, 2.24) is 0 Å². The third kappa shape index (κ3) is 2.87. The number of benzene rings is 1. The number of anilines is 1. The van der Waals surface area contributed by atoms with Gasteiger partial charge in [-0.1, -0.05) is 18.2 Å². The van der Waals surface area contributed by atoms with Gasteiger partial charge in [0.2, 0.25) is 0 Å². The van der Waals surface area contributed by atoms with Crippen molar-refractivity contribution >= 4 is 18.0 Å². The van der Waals surface area contributed by atoms with E-state index in [9.17, 15) is 4.79 Å². The van der Waals surface area contributed by atoms with Crippen LogP contribution in [0.2, 0.25) is 0 Å². The van der Waals surface area contributed by atoms with Gasteiger partial charge in [0.15, 0.2) is 0 Å². The predicted molar refractivity (Wildman–Crippen MR) is 70.9 cm³/mol. The molecule has 1 unspecified atom stereocenters. The molecule has 0 fully saturated rings. The van der Waals surface area contributed by atoms with Gasteiger partial charge in [0.05, 0.1) is 12.9 Å². The molecule has 5 heteroatoms. The fourth-order valence-corrected chi connectivity index (χ4v) is 2.06. The maximum atomic E-state index is 10.6. The van der Waals surface area contributed by atoms with Crippen molar-refractivity contribution in [2.24, 2.45) is 10.7 Å². The highest BCUT2D eigenvalue weighted by atomic mass is 16.4. The summed E-state index contributed by atoms with van der Waals surface area (Å²) < 4.78 is 0. The molecule has 2 rings (SSSR count). The monoisotopic (exact) mass is 247 g/mol. The molecule has 0 saturated carbocycles. The Morgan fingerprint density at radius 1 is 1.50 bits per heavy atom. The first-order chi connectivity index (χ1) is 8.68. The summed E-state index contributed by atoms with van der Waals surface area (Å²) in [6.45, 7) is 1.64. The highest BCUT2D eigenvalue weighted by molar-refractivity contribution is 5.82. The minimum Gasteiger partial charge on any atom is -0.481 e. The Bertz CT molecular complexity index is 459. The van der Waals surface area contributed by atoms with Crippen LogP contribution in [0.5, 0.6) is 0 Å². The molecule has 0 radical (unpaired) electrons. The number of aliphatic carboxylic acids is 1. The van der Waals surface area contributed by atoms with Gasteiger partial charge in [-0.3, -0.25) is 9.79 Å². The average molecular weight is 247 g/mol. The van der Waals surface area contributed by atoms with E-state index in [1.807, 2.05) is 30.6 Å². The summed E-state index contributed by atoms with van der Waals surface area (Å²) in [5, 5.41) is 8.70. The molecule has 3 N–H and O–H groups in total. The van der Waals surface area contributed by atoms with Gasteiger partial charge in [0.1, 0.15) is 0 Å². The Morgan fingerprint density at radius 3 is 2.94 bits per heavy atom. The number of carbonyl (C=O) groups is 1. The van der Waals surface area contributed by atoms with E-state index in [-0.39, 0.29) is 12.5 Å². The van der Waals surface area contributed by atoms with Gasteiger partial charge < -0.3 is 15.7 Å². The second kappa shape index (κ2) is 5.64. The lowest BCUT2D eigenvalue weighted by Gasteiger charge is -2.21. The summed E-state index contributed by atoms with van der Waals surface area (Å²) in [6.07, 6.45) is 2.34. The molecule has 1 aliphatic heterocycles. The van der Waals surface area contributed by atoms with Crippen molar-refractivity contribution in [1.29, 1.82) is 0 Å². The average Bonchev–Trinajstić information content (AvgIpc) is 2.89. The van der Waals surface area contributed by atoms with Crippen LogP contribution in [0.1, 0.15) is 24.4 Å². The van der Waals surface area contributed by atoms with Crippen molar-refractivity contribution in [2.75, 3.05) is 18.0 Å². The van der Waals surface area contributed by atoms with Gasteiger partial charge in [-0.05, 0) is 18.1 Å². The molecule has 0 saturated heterocycles. The molecule has 5 nitrogen and oxygen atoms in total. The van der Waals surface area contributed by atoms with E-state index in [2.05, 4.69) is 9.89 Å². The molecule has 0 aliphatic carbocycles. The zero-order valence-corrected chi connectivity index (χ0v) is 10.1. The van der Waals surface area contributed by atoms with E-state index in [1.54, 1.807) is 0 Å². The summed E-state index contributed by atoms with van der Waals surface area (Å²) >= 11 is 0. The standard InChI is InChI=1S/C13H17N3O2/c14-11(5-6-13(17)18)10-3-1-2-4-12(10)16-8-7-15-9-16/h1-4,9,11H,5-8,14H2,(H,17,18). The minimum absolute atomic E-state index is 0.0869. The lowest BCUT2D eigenvalue weighted by atomic mass is 10.0. The summed E-state index contributed by atoms with van der Waals surface area (Å²) in [5.74, 6) is -0.814. The van der Waals surface area contributed by atoms with Crippen LogP contribution in [-0.4, -0.2) is 30.5 Å². The number of carboxylic acids is 1. The number of nitrogens with zero attached hydrogens (tertiary/aromatic N) is 2. The molecule has 1 atom stereocenters. The maximum absolute atomic E-state index is 10.6. The first-order valence-corrected chi connectivity index (χ1v) is 6.01. The SMILES string of the molecule is NC(CCC(=O)O)c1ccccc1N1C=NCC1. The fourth-order valence-electron chi connectivity index (χ4n) is 2.06. The summed E-state index contributed by atoms with van der Waals surface area (Å²) in [5.41, 5.74) is 8.08. The number of para-hydroxylation sites is 1. The van der Waals surface area contributed by atoms with Crippen molar-refractivity contribution in [3.63, 3.8) is 0 Å². The maximum Gasteiger partial charge on any atom is 0.303 e. The molecule has 1 aromatic rings. The highest BCUT2D eigenvalue weighted by Crippen LogP contribution is 2.27. The molecule has 18 heavy (non-hydrogen) atoms. The molecule has 0 amide bonds. The molecular formula is C13H17N3O2. The van der Waals surface area contributed by atoms with Gasteiger partial charge in [-0.2, -0.15) is 0 Å². The summed E-state index contributed by atoms with van der Waals surface area (Å²) in [4.78, 5) is 16.8. The number of rotatable bonds is 5. The minimum atomic E-state index is -0.814. The van der Waals surface area contributed by atoms with Crippen molar-refractivity contribution in [3.05, 3.63) is 29.8 Å². The topological polar surface area (TPSA) is 78.9 Å². The largest absolute Gasteiger partial charge is 0.481 e. The molecule has 0 bridgehead atoms. The molecule has 0 spiro atoms. The third-order valence-corrected chi connectivity index (χ3v) is 3.01. The number of aliphatic imine (C=N–C) groups is 1. The quantitative estimate of drug-likeness (QED) is 0.824. The van der Waals surface area contributed by atoms with E-state index in [0.717, 1.165) is 24.3 Å². The lowest BCUT2D eigenvalue weighted by Crippen LogP contribution is -2.22.